The van der Waals surface area contributed by atoms with E-state index in [1.54, 1.807) is 26.2 Å². The molecule has 220 valence electrons. The molecule has 41 heavy (non-hydrogen) atoms. The third-order valence-electron chi connectivity index (χ3n) is 8.05. The molecule has 2 bridgehead atoms. The third-order valence-corrected chi connectivity index (χ3v) is 8.64. The van der Waals surface area contributed by atoms with E-state index < -0.39 is 24.2 Å². The van der Waals surface area contributed by atoms with E-state index >= 15 is 0 Å². The summed E-state index contributed by atoms with van der Waals surface area (Å²) in [5.74, 6) is 1.64. The first-order valence-electron chi connectivity index (χ1n) is 13.8. The van der Waals surface area contributed by atoms with Crippen LogP contribution >= 0.6 is 15.9 Å². The number of carbonyl (C=O) groups is 2. The number of amides is 2. The Morgan fingerprint density at radius 2 is 1.71 bits per heavy atom. The van der Waals surface area contributed by atoms with Gasteiger partial charge in [-0.1, -0.05) is 46.3 Å². The van der Waals surface area contributed by atoms with Gasteiger partial charge in [-0.05, 0) is 43.3 Å². The van der Waals surface area contributed by atoms with Gasteiger partial charge in [0.05, 0.1) is 58.8 Å². The minimum Gasteiger partial charge on any atom is -0.496 e. The predicted molar refractivity (Wildman–Crippen MR) is 157 cm³/mol. The highest BCUT2D eigenvalue weighted by molar-refractivity contribution is 9.11. The minimum absolute atomic E-state index is 0.156. The van der Waals surface area contributed by atoms with Crippen LogP contribution in [0.4, 0.5) is 4.79 Å². The van der Waals surface area contributed by atoms with Crippen LogP contribution in [0.5, 0.6) is 17.2 Å². The van der Waals surface area contributed by atoms with Crippen LogP contribution in [0.15, 0.2) is 40.9 Å². The number of nitrogens with zero attached hydrogens (tertiary/aromatic N) is 2. The highest BCUT2D eigenvalue weighted by Crippen LogP contribution is 2.53. The van der Waals surface area contributed by atoms with Crippen molar-refractivity contribution in [2.75, 3.05) is 27.9 Å². The monoisotopic (exact) mass is 628 g/mol. The molecule has 3 heterocycles. The van der Waals surface area contributed by atoms with Crippen LogP contribution in [-0.2, 0) is 27.3 Å². The highest BCUT2D eigenvalue weighted by atomic mass is 79.9. The number of hydrogen-bond donors (Lipinski definition) is 0. The standard InChI is InChI=1S/C31H37BrN2O7/c1-17(2)41-31(36)34-22-12-20(32)13-24(34)30(35)33-23(22)14-21-26(25(33)16-40-15-19-10-8-7-9-11-19)29(39-6)28(38-5)18(3)27(21)37-4/h7-12,17,22-25H,13-16H2,1-6H3/t22-,23+,24+,25+/m1/s1. The summed E-state index contributed by atoms with van der Waals surface area (Å²) in [6.07, 6.45) is 2.04. The van der Waals surface area contributed by atoms with Gasteiger partial charge in [0.25, 0.3) is 0 Å². The van der Waals surface area contributed by atoms with E-state index in [1.165, 1.54) is 0 Å². The Balaban J connectivity index is 1.65. The average molecular weight is 630 g/mol. The molecule has 0 radical (unpaired) electrons. The third kappa shape index (κ3) is 5.16. The number of fused-ring (bicyclic) bond motifs is 5. The van der Waals surface area contributed by atoms with Crippen molar-refractivity contribution in [1.29, 1.82) is 0 Å². The average Bonchev–Trinajstić information content (AvgIpc) is 2.94. The Morgan fingerprint density at radius 3 is 2.34 bits per heavy atom. The lowest BCUT2D eigenvalue weighted by molar-refractivity contribution is -0.156. The van der Waals surface area contributed by atoms with Crippen LogP contribution in [0, 0.1) is 6.92 Å². The van der Waals surface area contributed by atoms with Gasteiger partial charge in [0.2, 0.25) is 5.91 Å². The molecule has 3 aliphatic heterocycles. The Hall–Kier alpha value is -3.24. The lowest BCUT2D eigenvalue weighted by Crippen LogP contribution is -2.71. The molecule has 1 fully saturated rings. The van der Waals surface area contributed by atoms with Crippen LogP contribution < -0.4 is 14.2 Å². The van der Waals surface area contributed by atoms with Crippen molar-refractivity contribution >= 4 is 27.9 Å². The molecule has 2 amide bonds. The fourth-order valence-electron chi connectivity index (χ4n) is 6.48. The van der Waals surface area contributed by atoms with Gasteiger partial charge in [0.1, 0.15) is 11.8 Å². The number of ether oxygens (including phenoxy) is 5. The van der Waals surface area contributed by atoms with Crippen molar-refractivity contribution < 1.29 is 33.3 Å². The van der Waals surface area contributed by atoms with E-state index in [4.69, 9.17) is 23.7 Å². The van der Waals surface area contributed by atoms with Gasteiger partial charge in [0, 0.05) is 23.1 Å². The van der Waals surface area contributed by atoms with Gasteiger partial charge in [-0.2, -0.15) is 0 Å². The van der Waals surface area contributed by atoms with Crippen molar-refractivity contribution in [3.05, 3.63) is 63.1 Å². The fraction of sp³-hybridized carbons (Fsp3) is 0.484. The first kappa shape index (κ1) is 29.3. The maximum atomic E-state index is 14.4. The van der Waals surface area contributed by atoms with Crippen LogP contribution in [0.2, 0.25) is 0 Å². The van der Waals surface area contributed by atoms with Gasteiger partial charge in [-0.15, -0.1) is 0 Å². The Kier molecular flexibility index (Phi) is 8.52. The molecule has 10 heteroatoms. The Bertz CT molecular complexity index is 1350. The summed E-state index contributed by atoms with van der Waals surface area (Å²) in [5, 5.41) is 0. The zero-order valence-electron chi connectivity index (χ0n) is 24.3. The van der Waals surface area contributed by atoms with Crippen LogP contribution in [0.25, 0.3) is 0 Å². The van der Waals surface area contributed by atoms with Gasteiger partial charge < -0.3 is 28.6 Å². The summed E-state index contributed by atoms with van der Waals surface area (Å²) in [6.45, 7) is 6.15. The predicted octanol–water partition coefficient (Wildman–Crippen LogP) is 5.31. The number of benzene rings is 2. The lowest BCUT2D eigenvalue weighted by Gasteiger charge is -2.56. The van der Waals surface area contributed by atoms with Gasteiger partial charge in [-0.3, -0.25) is 9.69 Å². The molecule has 0 N–H and O–H groups in total. The summed E-state index contributed by atoms with van der Waals surface area (Å²) >= 11 is 3.64. The molecule has 0 unspecified atom stereocenters. The number of hydrogen-bond acceptors (Lipinski definition) is 7. The summed E-state index contributed by atoms with van der Waals surface area (Å²) in [4.78, 5) is 31.3. The quantitative estimate of drug-likeness (QED) is 0.391. The molecular weight excluding hydrogens is 592 g/mol. The Morgan fingerprint density at radius 1 is 1.02 bits per heavy atom. The molecule has 0 saturated carbocycles. The topological polar surface area (TPSA) is 86.8 Å². The highest BCUT2D eigenvalue weighted by Gasteiger charge is 2.56. The molecular formula is C31H37BrN2O7. The lowest BCUT2D eigenvalue weighted by atomic mass is 9.78. The smallest absolute Gasteiger partial charge is 0.411 e. The molecule has 5 rings (SSSR count). The largest absolute Gasteiger partial charge is 0.496 e. The number of piperazine rings is 1. The zero-order chi connectivity index (χ0) is 29.4. The van der Waals surface area contributed by atoms with Crippen molar-refractivity contribution in [3.63, 3.8) is 0 Å². The summed E-state index contributed by atoms with van der Waals surface area (Å²) in [6, 6.07) is 7.91. The first-order chi connectivity index (χ1) is 19.7. The van der Waals surface area contributed by atoms with Crippen molar-refractivity contribution in [1.82, 2.24) is 9.80 Å². The molecule has 0 aromatic heterocycles. The molecule has 2 aromatic rings. The molecule has 3 aliphatic rings. The molecule has 2 aromatic carbocycles. The molecule has 0 spiro atoms. The maximum absolute atomic E-state index is 14.4. The normalized spacial score (nSPS) is 23.0. The van der Waals surface area contributed by atoms with E-state index in [2.05, 4.69) is 15.9 Å². The second-order valence-electron chi connectivity index (χ2n) is 10.8. The van der Waals surface area contributed by atoms with E-state index in [1.807, 2.05) is 62.1 Å². The molecule has 4 atom stereocenters. The maximum Gasteiger partial charge on any atom is 0.411 e. The summed E-state index contributed by atoms with van der Waals surface area (Å²) < 4.78 is 30.5. The van der Waals surface area contributed by atoms with E-state index in [0.29, 0.717) is 36.7 Å². The van der Waals surface area contributed by atoms with E-state index in [0.717, 1.165) is 26.7 Å². The molecule has 1 saturated heterocycles. The Labute approximate surface area is 249 Å². The summed E-state index contributed by atoms with van der Waals surface area (Å²) in [7, 11) is 4.84. The van der Waals surface area contributed by atoms with Crippen molar-refractivity contribution in [2.45, 2.75) is 70.5 Å². The molecule has 9 nitrogen and oxygen atoms in total. The van der Waals surface area contributed by atoms with Gasteiger partial charge in [0.15, 0.2) is 11.5 Å². The second-order valence-corrected chi connectivity index (χ2v) is 11.8. The van der Waals surface area contributed by atoms with Crippen molar-refractivity contribution in [3.8, 4) is 17.2 Å². The number of methoxy groups -OCH3 is 3. The second kappa shape index (κ2) is 11.9. The van der Waals surface area contributed by atoms with Crippen LogP contribution in [-0.4, -0.2) is 74.0 Å². The number of rotatable bonds is 8. The van der Waals surface area contributed by atoms with Gasteiger partial charge in [-0.25, -0.2) is 4.79 Å². The number of halogens is 1. The number of carbonyl (C=O) groups excluding carboxylic acids is 2. The summed E-state index contributed by atoms with van der Waals surface area (Å²) in [5.41, 5.74) is 3.56. The van der Waals surface area contributed by atoms with Crippen molar-refractivity contribution in [2.24, 2.45) is 0 Å². The van der Waals surface area contributed by atoms with Crippen LogP contribution in [0.3, 0.4) is 0 Å². The van der Waals surface area contributed by atoms with E-state index in [9.17, 15) is 9.59 Å². The molecule has 0 aliphatic carbocycles. The van der Waals surface area contributed by atoms with Crippen LogP contribution in [0.1, 0.15) is 48.6 Å². The zero-order valence-corrected chi connectivity index (χ0v) is 25.9. The van der Waals surface area contributed by atoms with E-state index in [-0.39, 0.29) is 24.7 Å². The van der Waals surface area contributed by atoms with Gasteiger partial charge >= 0.3 is 6.09 Å². The SMILES string of the molecule is COc1c(C)c(OC)c(OC)c2c1C[C@H]1[C@H]3C=C(Br)C[C@@H](C(=O)N1[C@H]2COCc1ccccc1)N3C(=O)OC(C)C. The first-order valence-corrected chi connectivity index (χ1v) is 14.6. The fourth-order valence-corrected chi connectivity index (χ4v) is 7.06. The minimum atomic E-state index is -0.708.